The van der Waals surface area contributed by atoms with Gasteiger partial charge in [0.2, 0.25) is 0 Å². The number of benzene rings is 1. The van der Waals surface area contributed by atoms with Gasteiger partial charge >= 0.3 is 0 Å². The van der Waals surface area contributed by atoms with Crippen LogP contribution in [0.2, 0.25) is 0 Å². The fourth-order valence-corrected chi connectivity index (χ4v) is 1.94. The summed E-state index contributed by atoms with van der Waals surface area (Å²) in [5, 5.41) is 0. The monoisotopic (exact) mass is 242 g/mol. The number of halogens is 3. The van der Waals surface area contributed by atoms with Crippen molar-refractivity contribution in [3.05, 3.63) is 23.8 Å². The normalized spacial score (nSPS) is 11.4. The smallest absolute Gasteiger partial charge is 0.267 e. The van der Waals surface area contributed by atoms with Gasteiger partial charge in [-0.15, -0.1) is 0 Å². The fraction of sp³-hybridized carbons (Fsp3) is 0.143. The lowest BCUT2D eigenvalue weighted by atomic mass is 10.3. The summed E-state index contributed by atoms with van der Waals surface area (Å²) in [5.74, 6) is -2.97. The molecule has 0 atom stereocenters. The van der Waals surface area contributed by atoms with E-state index in [1.165, 1.54) is 0 Å². The summed E-state index contributed by atoms with van der Waals surface area (Å²) in [5.41, 5.74) is 0. The van der Waals surface area contributed by atoms with Crippen LogP contribution in [0.3, 0.4) is 0 Å². The Balaban J connectivity index is 3.57. The van der Waals surface area contributed by atoms with E-state index in [9.17, 15) is 17.2 Å². The van der Waals surface area contributed by atoms with Gasteiger partial charge in [-0.2, -0.15) is 0 Å². The molecular formula is C7H5ClF2O3S. The first-order chi connectivity index (χ1) is 6.38. The third kappa shape index (κ3) is 1.96. The van der Waals surface area contributed by atoms with Crippen LogP contribution in [-0.4, -0.2) is 15.5 Å². The van der Waals surface area contributed by atoms with Gasteiger partial charge in [-0.3, -0.25) is 0 Å². The maximum atomic E-state index is 13.2. The van der Waals surface area contributed by atoms with E-state index in [0.717, 1.165) is 19.2 Å². The number of hydrogen-bond donors (Lipinski definition) is 0. The van der Waals surface area contributed by atoms with Gasteiger partial charge < -0.3 is 4.74 Å². The highest BCUT2D eigenvalue weighted by atomic mass is 35.7. The molecule has 1 aromatic carbocycles. The van der Waals surface area contributed by atoms with Crippen LogP contribution in [-0.2, 0) is 9.05 Å². The van der Waals surface area contributed by atoms with E-state index >= 15 is 0 Å². The minimum atomic E-state index is -4.45. The first kappa shape index (κ1) is 11.2. The van der Waals surface area contributed by atoms with Gasteiger partial charge in [0.1, 0.15) is 5.82 Å². The van der Waals surface area contributed by atoms with Crippen molar-refractivity contribution < 1.29 is 21.9 Å². The van der Waals surface area contributed by atoms with Crippen molar-refractivity contribution in [2.75, 3.05) is 7.11 Å². The minimum absolute atomic E-state index is 0.384. The van der Waals surface area contributed by atoms with Gasteiger partial charge in [-0.05, 0) is 12.1 Å². The Labute approximate surface area is 83.7 Å². The van der Waals surface area contributed by atoms with Crippen LogP contribution in [0.15, 0.2) is 17.0 Å². The lowest BCUT2D eigenvalue weighted by molar-refractivity contribution is 0.375. The molecule has 0 aliphatic carbocycles. The van der Waals surface area contributed by atoms with Crippen LogP contribution in [0, 0.1) is 11.6 Å². The summed E-state index contributed by atoms with van der Waals surface area (Å²) in [4.78, 5) is -1.20. The molecule has 0 saturated carbocycles. The van der Waals surface area contributed by atoms with Gasteiger partial charge in [0.25, 0.3) is 9.05 Å². The highest BCUT2D eigenvalue weighted by molar-refractivity contribution is 8.13. The van der Waals surface area contributed by atoms with E-state index in [4.69, 9.17) is 10.7 Å². The second-order valence-corrected chi connectivity index (χ2v) is 4.83. The summed E-state index contributed by atoms with van der Waals surface area (Å²) in [7, 11) is 1.51. The standard InChI is InChI=1S/C7H5ClF2O3S/c1-13-5-3-2-4(9)7(6(5)10)14(8,11)12/h2-3H,1H3. The third-order valence-electron chi connectivity index (χ3n) is 1.48. The largest absolute Gasteiger partial charge is 0.494 e. The van der Waals surface area contributed by atoms with Crippen molar-refractivity contribution >= 4 is 19.7 Å². The van der Waals surface area contributed by atoms with Crippen LogP contribution in [0.25, 0.3) is 0 Å². The Morgan fingerprint density at radius 1 is 1.36 bits per heavy atom. The molecule has 0 amide bonds. The predicted molar refractivity (Wildman–Crippen MR) is 45.9 cm³/mol. The van der Waals surface area contributed by atoms with Crippen molar-refractivity contribution in [1.82, 2.24) is 0 Å². The van der Waals surface area contributed by atoms with E-state index < -0.39 is 25.6 Å². The van der Waals surface area contributed by atoms with Crippen LogP contribution >= 0.6 is 10.7 Å². The van der Waals surface area contributed by atoms with Crippen molar-refractivity contribution in [3.63, 3.8) is 0 Å². The molecule has 14 heavy (non-hydrogen) atoms. The second kappa shape index (κ2) is 3.70. The van der Waals surface area contributed by atoms with Gasteiger partial charge in [0.15, 0.2) is 16.5 Å². The summed E-state index contributed by atoms with van der Waals surface area (Å²) < 4.78 is 52.1. The number of rotatable bonds is 2. The molecular weight excluding hydrogens is 238 g/mol. The second-order valence-electron chi connectivity index (χ2n) is 2.33. The molecule has 7 heteroatoms. The topological polar surface area (TPSA) is 43.4 Å². The highest BCUT2D eigenvalue weighted by Gasteiger charge is 2.24. The maximum Gasteiger partial charge on any atom is 0.267 e. The number of methoxy groups -OCH3 is 1. The molecule has 0 spiro atoms. The summed E-state index contributed by atoms with van der Waals surface area (Å²) in [6.07, 6.45) is 0. The van der Waals surface area contributed by atoms with Gasteiger partial charge in [-0.1, -0.05) is 0 Å². The van der Waals surface area contributed by atoms with Crippen LogP contribution in [0.1, 0.15) is 0 Å². The van der Waals surface area contributed by atoms with Gasteiger partial charge in [0.05, 0.1) is 7.11 Å². The molecule has 0 aromatic heterocycles. The first-order valence-corrected chi connectivity index (χ1v) is 5.65. The molecule has 1 rings (SSSR count). The molecule has 0 fully saturated rings. The zero-order valence-electron chi connectivity index (χ0n) is 6.92. The van der Waals surface area contributed by atoms with Crippen molar-refractivity contribution in [3.8, 4) is 5.75 Å². The maximum absolute atomic E-state index is 13.2. The van der Waals surface area contributed by atoms with E-state index in [1.54, 1.807) is 0 Å². The molecule has 0 N–H and O–H groups in total. The van der Waals surface area contributed by atoms with Gasteiger partial charge in [0, 0.05) is 10.7 Å². The van der Waals surface area contributed by atoms with Gasteiger partial charge in [-0.25, -0.2) is 17.2 Å². The van der Waals surface area contributed by atoms with Crippen LogP contribution < -0.4 is 4.74 Å². The molecule has 1 aromatic rings. The lowest BCUT2D eigenvalue weighted by Crippen LogP contribution is -2.02. The van der Waals surface area contributed by atoms with Crippen LogP contribution in [0.4, 0.5) is 8.78 Å². The van der Waals surface area contributed by atoms with Crippen molar-refractivity contribution in [2.45, 2.75) is 4.90 Å². The molecule has 0 saturated heterocycles. The summed E-state index contributed by atoms with van der Waals surface area (Å²) in [6.45, 7) is 0. The Morgan fingerprint density at radius 2 is 1.93 bits per heavy atom. The molecule has 0 unspecified atom stereocenters. The average Bonchev–Trinajstić information content (AvgIpc) is 2.02. The zero-order valence-corrected chi connectivity index (χ0v) is 8.49. The first-order valence-electron chi connectivity index (χ1n) is 3.34. The third-order valence-corrected chi connectivity index (χ3v) is 2.80. The van der Waals surface area contributed by atoms with E-state index in [-0.39, 0.29) is 5.75 Å². The SMILES string of the molecule is COc1ccc(F)c(S(=O)(=O)Cl)c1F. The molecule has 78 valence electrons. The van der Waals surface area contributed by atoms with Crippen molar-refractivity contribution in [1.29, 1.82) is 0 Å². The van der Waals surface area contributed by atoms with Crippen molar-refractivity contribution in [2.24, 2.45) is 0 Å². The van der Waals surface area contributed by atoms with E-state index in [1.807, 2.05) is 0 Å². The Hall–Kier alpha value is -0.880. The Morgan fingerprint density at radius 3 is 2.36 bits per heavy atom. The molecule has 0 radical (unpaired) electrons. The fourth-order valence-electron chi connectivity index (χ4n) is 0.896. The molecule has 0 aliphatic heterocycles. The quantitative estimate of drug-likeness (QED) is 0.744. The minimum Gasteiger partial charge on any atom is -0.494 e. The summed E-state index contributed by atoms with van der Waals surface area (Å²) >= 11 is 0. The molecule has 0 aliphatic rings. The number of hydrogen-bond acceptors (Lipinski definition) is 3. The Kier molecular flexibility index (Phi) is 2.96. The van der Waals surface area contributed by atoms with E-state index in [2.05, 4.69) is 4.74 Å². The molecule has 3 nitrogen and oxygen atoms in total. The Bertz CT molecular complexity index is 458. The number of ether oxygens (including phenoxy) is 1. The highest BCUT2D eigenvalue weighted by Crippen LogP contribution is 2.28. The van der Waals surface area contributed by atoms with Crippen LogP contribution in [0.5, 0.6) is 5.75 Å². The van der Waals surface area contributed by atoms with E-state index in [0.29, 0.717) is 0 Å². The summed E-state index contributed by atoms with van der Waals surface area (Å²) in [6, 6.07) is 1.73. The molecule has 0 heterocycles. The predicted octanol–water partition coefficient (Wildman–Crippen LogP) is 1.90. The average molecular weight is 243 g/mol. The lowest BCUT2D eigenvalue weighted by Gasteiger charge is -2.05. The zero-order chi connectivity index (χ0) is 10.9. The molecule has 0 bridgehead atoms.